The summed E-state index contributed by atoms with van der Waals surface area (Å²) in [6, 6.07) is 5.49. The fourth-order valence-electron chi connectivity index (χ4n) is 1.19. The fourth-order valence-corrected chi connectivity index (χ4v) is 1.56. The van der Waals surface area contributed by atoms with Gasteiger partial charge in [0, 0.05) is 16.1 Å². The number of carbonyl (C=O) groups excluding carboxylic acids is 1. The number of halogens is 1. The van der Waals surface area contributed by atoms with Gasteiger partial charge in [-0.15, -0.1) is 0 Å². The Morgan fingerprint density at radius 1 is 1.33 bits per heavy atom. The molecule has 0 aliphatic heterocycles. The van der Waals surface area contributed by atoms with Gasteiger partial charge < -0.3 is 10.6 Å². The normalized spacial score (nSPS) is 10.9. The number of carbonyl (C=O) groups is 1. The number of amides is 1. The number of thiocarbonyl (C=S) groups is 1. The summed E-state index contributed by atoms with van der Waals surface area (Å²) in [7, 11) is 0. The highest BCUT2D eigenvalue weighted by atomic mass is 35.5. The smallest absolute Gasteiger partial charge is 0.231 e. The molecule has 1 aromatic rings. The Labute approximate surface area is 118 Å². The number of rotatable bonds is 1. The molecule has 0 atom stereocenters. The molecule has 0 saturated heterocycles. The summed E-state index contributed by atoms with van der Waals surface area (Å²) in [5.41, 5.74) is 1.21. The third kappa shape index (κ3) is 3.96. The van der Waals surface area contributed by atoms with Crippen LogP contribution in [0.2, 0.25) is 5.02 Å². The van der Waals surface area contributed by atoms with Crippen LogP contribution >= 0.6 is 23.8 Å². The SMILES string of the molecule is Cc1c(Cl)cccc1NC(=S)NC(=O)C(C)(C)C. The molecule has 0 bridgehead atoms. The van der Waals surface area contributed by atoms with Crippen molar-refractivity contribution >= 4 is 40.5 Å². The van der Waals surface area contributed by atoms with Crippen LogP contribution in [0.1, 0.15) is 26.3 Å². The van der Waals surface area contributed by atoms with Crippen molar-refractivity contribution < 1.29 is 4.79 Å². The molecule has 0 spiro atoms. The van der Waals surface area contributed by atoms with Gasteiger partial charge in [-0.1, -0.05) is 38.4 Å². The average molecular weight is 285 g/mol. The molecule has 0 heterocycles. The van der Waals surface area contributed by atoms with Gasteiger partial charge >= 0.3 is 0 Å². The van der Waals surface area contributed by atoms with Gasteiger partial charge in [-0.2, -0.15) is 0 Å². The van der Waals surface area contributed by atoms with Crippen LogP contribution in [0.5, 0.6) is 0 Å². The Hall–Kier alpha value is -1.13. The van der Waals surface area contributed by atoms with E-state index in [1.165, 1.54) is 0 Å². The van der Waals surface area contributed by atoms with Crippen LogP contribution in [0, 0.1) is 12.3 Å². The van der Waals surface area contributed by atoms with Crippen LogP contribution < -0.4 is 10.6 Å². The lowest BCUT2D eigenvalue weighted by Crippen LogP contribution is -2.41. The average Bonchev–Trinajstić information content (AvgIpc) is 2.23. The van der Waals surface area contributed by atoms with Crippen LogP contribution in [-0.4, -0.2) is 11.0 Å². The zero-order valence-electron chi connectivity index (χ0n) is 10.9. The van der Waals surface area contributed by atoms with Crippen molar-refractivity contribution in [2.45, 2.75) is 27.7 Å². The fraction of sp³-hybridized carbons (Fsp3) is 0.385. The molecule has 5 heteroatoms. The Morgan fingerprint density at radius 2 is 1.94 bits per heavy atom. The predicted molar refractivity (Wildman–Crippen MR) is 80.0 cm³/mol. The molecule has 3 nitrogen and oxygen atoms in total. The number of nitrogens with one attached hydrogen (secondary N) is 2. The zero-order chi connectivity index (χ0) is 13.9. The Bertz CT molecular complexity index is 480. The standard InChI is InChI=1S/C13H17ClN2OS/c1-8-9(14)6-5-7-10(8)15-12(18)16-11(17)13(2,3)4/h5-7H,1-4H3,(H2,15,16,17,18). The molecule has 1 amide bonds. The second-order valence-electron chi connectivity index (χ2n) is 5.07. The number of hydrogen-bond donors (Lipinski definition) is 2. The highest BCUT2D eigenvalue weighted by molar-refractivity contribution is 7.80. The molecule has 98 valence electrons. The third-order valence-corrected chi connectivity index (χ3v) is 3.04. The number of hydrogen-bond acceptors (Lipinski definition) is 2. The van der Waals surface area contributed by atoms with Gasteiger partial charge in [0.25, 0.3) is 0 Å². The quantitative estimate of drug-likeness (QED) is 0.776. The molecule has 1 aromatic carbocycles. The maximum atomic E-state index is 11.8. The lowest BCUT2D eigenvalue weighted by Gasteiger charge is -2.19. The van der Waals surface area contributed by atoms with Gasteiger partial charge in [-0.3, -0.25) is 4.79 Å². The summed E-state index contributed by atoms with van der Waals surface area (Å²) in [5.74, 6) is -0.125. The molecule has 1 rings (SSSR count). The van der Waals surface area contributed by atoms with Crippen molar-refractivity contribution in [1.82, 2.24) is 5.32 Å². The van der Waals surface area contributed by atoms with Crippen molar-refractivity contribution in [2.75, 3.05) is 5.32 Å². The van der Waals surface area contributed by atoms with Crippen molar-refractivity contribution in [2.24, 2.45) is 5.41 Å². The first-order chi connectivity index (χ1) is 8.21. The minimum absolute atomic E-state index is 0.125. The summed E-state index contributed by atoms with van der Waals surface area (Å²) in [6.45, 7) is 7.37. The molecule has 0 aliphatic rings. The van der Waals surface area contributed by atoms with Crippen LogP contribution in [0.25, 0.3) is 0 Å². The van der Waals surface area contributed by atoms with Crippen molar-refractivity contribution in [1.29, 1.82) is 0 Å². The number of benzene rings is 1. The Balaban J connectivity index is 2.72. The molecular formula is C13H17ClN2OS. The van der Waals surface area contributed by atoms with Crippen LogP contribution in [0.4, 0.5) is 5.69 Å². The van der Waals surface area contributed by atoms with Gasteiger partial charge in [0.05, 0.1) is 0 Å². The second-order valence-corrected chi connectivity index (χ2v) is 5.89. The van der Waals surface area contributed by atoms with Crippen molar-refractivity contribution in [3.8, 4) is 0 Å². The number of anilines is 1. The van der Waals surface area contributed by atoms with Gasteiger partial charge in [0.2, 0.25) is 5.91 Å². The third-order valence-electron chi connectivity index (χ3n) is 2.42. The minimum atomic E-state index is -0.477. The van der Waals surface area contributed by atoms with Crippen LogP contribution in [0.3, 0.4) is 0 Å². The summed E-state index contributed by atoms with van der Waals surface area (Å²) >= 11 is 11.1. The highest BCUT2D eigenvalue weighted by Gasteiger charge is 2.22. The topological polar surface area (TPSA) is 41.1 Å². The van der Waals surface area contributed by atoms with E-state index in [9.17, 15) is 4.79 Å². The monoisotopic (exact) mass is 284 g/mol. The molecule has 0 fully saturated rings. The maximum Gasteiger partial charge on any atom is 0.231 e. The maximum absolute atomic E-state index is 11.8. The van der Waals surface area contributed by atoms with Gasteiger partial charge in [-0.25, -0.2) is 0 Å². The first-order valence-electron chi connectivity index (χ1n) is 5.59. The predicted octanol–water partition coefficient (Wildman–Crippen LogP) is 3.51. The summed E-state index contributed by atoms with van der Waals surface area (Å²) in [6.07, 6.45) is 0. The van der Waals surface area contributed by atoms with E-state index in [0.717, 1.165) is 11.3 Å². The van der Waals surface area contributed by atoms with Gasteiger partial charge in [-0.05, 0) is 36.8 Å². The van der Waals surface area contributed by atoms with E-state index >= 15 is 0 Å². The summed E-state index contributed by atoms with van der Waals surface area (Å²) < 4.78 is 0. The van der Waals surface area contributed by atoms with Crippen LogP contribution in [0.15, 0.2) is 18.2 Å². The van der Waals surface area contributed by atoms with E-state index in [4.69, 9.17) is 23.8 Å². The van der Waals surface area contributed by atoms with E-state index in [2.05, 4.69) is 10.6 Å². The van der Waals surface area contributed by atoms with E-state index in [-0.39, 0.29) is 11.0 Å². The molecule has 0 unspecified atom stereocenters. The van der Waals surface area contributed by atoms with Gasteiger partial charge in [0.15, 0.2) is 5.11 Å². The first-order valence-corrected chi connectivity index (χ1v) is 6.38. The second kappa shape index (κ2) is 5.67. The van der Waals surface area contributed by atoms with Gasteiger partial charge in [0.1, 0.15) is 0 Å². The molecule has 18 heavy (non-hydrogen) atoms. The molecular weight excluding hydrogens is 268 g/mol. The lowest BCUT2D eigenvalue weighted by atomic mass is 9.96. The summed E-state index contributed by atoms with van der Waals surface area (Å²) in [5, 5.41) is 6.56. The van der Waals surface area contributed by atoms with E-state index in [1.807, 2.05) is 39.8 Å². The van der Waals surface area contributed by atoms with Crippen molar-refractivity contribution in [3.05, 3.63) is 28.8 Å². The lowest BCUT2D eigenvalue weighted by molar-refractivity contribution is -0.126. The Morgan fingerprint density at radius 3 is 2.50 bits per heavy atom. The summed E-state index contributed by atoms with van der Waals surface area (Å²) in [4.78, 5) is 11.8. The zero-order valence-corrected chi connectivity index (χ0v) is 12.5. The molecule has 0 radical (unpaired) electrons. The minimum Gasteiger partial charge on any atom is -0.332 e. The highest BCUT2D eigenvalue weighted by Crippen LogP contribution is 2.22. The molecule has 0 aliphatic carbocycles. The first kappa shape index (κ1) is 14.9. The van der Waals surface area contributed by atoms with E-state index < -0.39 is 5.41 Å². The van der Waals surface area contributed by atoms with E-state index in [0.29, 0.717) is 5.02 Å². The van der Waals surface area contributed by atoms with E-state index in [1.54, 1.807) is 6.07 Å². The largest absolute Gasteiger partial charge is 0.332 e. The molecule has 0 aromatic heterocycles. The van der Waals surface area contributed by atoms with Crippen LogP contribution in [-0.2, 0) is 4.79 Å². The molecule has 2 N–H and O–H groups in total. The van der Waals surface area contributed by atoms with Crippen molar-refractivity contribution in [3.63, 3.8) is 0 Å². The molecule has 0 saturated carbocycles. The Kier molecular flexibility index (Phi) is 4.71.